The van der Waals surface area contributed by atoms with Crippen LogP contribution in [0.25, 0.3) is 0 Å². The van der Waals surface area contributed by atoms with Gasteiger partial charge in [-0.3, -0.25) is 4.79 Å². The maximum atomic E-state index is 10.0. The number of aryl methyl sites for hydroxylation is 2. The molecule has 1 N–H and O–H groups in total. The van der Waals surface area contributed by atoms with E-state index in [-0.39, 0.29) is 0 Å². The maximum absolute atomic E-state index is 10.0. The highest BCUT2D eigenvalue weighted by molar-refractivity contribution is 7.85. The molecule has 0 aliphatic carbocycles. The third kappa shape index (κ3) is 40.6. The number of halogens is 1. The second-order valence-corrected chi connectivity index (χ2v) is 7.76. The molecule has 0 aliphatic rings. The molecule has 0 atom stereocenters. The van der Waals surface area contributed by atoms with E-state index >= 15 is 0 Å². The summed E-state index contributed by atoms with van der Waals surface area (Å²) in [5.74, 6) is 0.833. The summed E-state index contributed by atoms with van der Waals surface area (Å²) in [7, 11) is 0. The molecule has 4 heteroatoms. The number of benzene rings is 2. The molecule has 0 spiro atoms. The highest BCUT2D eigenvalue weighted by atomic mass is 35.5. The van der Waals surface area contributed by atoms with Gasteiger partial charge in [0.05, 0.1) is 4.91 Å². The first-order chi connectivity index (χ1) is 16.1. The van der Waals surface area contributed by atoms with Gasteiger partial charge < -0.3 is 5.32 Å². The number of carbonyl (C=O) groups excluding carboxylic acids is 1. The van der Waals surface area contributed by atoms with Crippen LogP contribution in [0.3, 0.4) is 0 Å². The lowest BCUT2D eigenvalue weighted by Crippen LogP contribution is -2.10. The largest absolute Gasteiger partial charge is 0.388 e. The second kappa shape index (κ2) is 35.9. The molecule has 0 amide bonds. The Morgan fingerprint density at radius 2 is 1.21 bits per heavy atom. The standard InChI is InChI=1S/C7H7Cl.C7H8.C6H11NOS.C4H10.3C2H6/c1-6-2-4-7(8)5-3-6;1-7-5-3-2-4-6-7;1-3-7-5(2)6(9)4-8;1-4(2)3;3*1-2/h2-5H,1H3;2-6H,1H3;4,7,9H,3H2,1-2H3;4H,1-3H3;3*1-2H3/b;;6-5-;;;;. The summed E-state index contributed by atoms with van der Waals surface area (Å²) in [5, 5.41) is 3.77. The van der Waals surface area contributed by atoms with E-state index in [1.165, 1.54) is 11.1 Å². The van der Waals surface area contributed by atoms with Crippen LogP contribution in [-0.2, 0) is 4.79 Å². The normalized spacial score (nSPS) is 8.82. The van der Waals surface area contributed by atoms with Crippen LogP contribution in [0.4, 0.5) is 0 Å². The monoisotopic (exact) mass is 511 g/mol. The van der Waals surface area contributed by atoms with Crippen LogP contribution in [-0.4, -0.2) is 12.8 Å². The molecule has 0 bridgehead atoms. The van der Waals surface area contributed by atoms with E-state index in [4.69, 9.17) is 11.6 Å². The summed E-state index contributed by atoms with van der Waals surface area (Å²) in [6, 6.07) is 18.0. The Bertz CT molecular complexity index is 630. The quantitative estimate of drug-likeness (QED) is 0.243. The Balaban J connectivity index is -0.000000104. The van der Waals surface area contributed by atoms with E-state index < -0.39 is 0 Å². The Morgan fingerprint density at radius 1 is 0.853 bits per heavy atom. The smallest absolute Gasteiger partial charge is 0.157 e. The zero-order valence-corrected chi connectivity index (χ0v) is 25.9. The summed E-state index contributed by atoms with van der Waals surface area (Å²) >= 11 is 9.52. The van der Waals surface area contributed by atoms with Crippen LogP contribution in [0.5, 0.6) is 0 Å². The third-order valence-electron chi connectivity index (χ3n) is 2.89. The highest BCUT2D eigenvalue weighted by Crippen LogP contribution is 2.07. The summed E-state index contributed by atoms with van der Waals surface area (Å²) in [6.07, 6.45) is 0.723. The van der Waals surface area contributed by atoms with Crippen molar-refractivity contribution in [3.8, 4) is 0 Å². The average molecular weight is 512 g/mol. The highest BCUT2D eigenvalue weighted by Gasteiger charge is 1.91. The van der Waals surface area contributed by atoms with Gasteiger partial charge in [-0.1, -0.05) is 128 Å². The fraction of sp³-hybridized carbons (Fsp3) is 0.500. The average Bonchev–Trinajstić information content (AvgIpc) is 2.85. The second-order valence-electron chi connectivity index (χ2n) is 6.84. The molecule has 2 aromatic carbocycles. The van der Waals surface area contributed by atoms with Gasteiger partial charge in [0.2, 0.25) is 0 Å². The van der Waals surface area contributed by atoms with E-state index in [0.29, 0.717) is 4.91 Å². The van der Waals surface area contributed by atoms with Crippen molar-refractivity contribution in [3.05, 3.63) is 81.3 Å². The van der Waals surface area contributed by atoms with Gasteiger partial charge in [-0.15, -0.1) is 12.6 Å². The lowest BCUT2D eigenvalue weighted by molar-refractivity contribution is -0.104. The minimum atomic E-state index is 0.469. The summed E-state index contributed by atoms with van der Waals surface area (Å²) in [4.78, 5) is 10.5. The van der Waals surface area contributed by atoms with E-state index in [9.17, 15) is 4.79 Å². The van der Waals surface area contributed by atoms with Gasteiger partial charge in [0.25, 0.3) is 0 Å². The van der Waals surface area contributed by atoms with Crippen molar-refractivity contribution in [2.45, 2.75) is 90.0 Å². The molecule has 0 saturated heterocycles. The lowest BCUT2D eigenvalue weighted by Gasteiger charge is -2.01. The van der Waals surface area contributed by atoms with E-state index in [2.05, 4.69) is 57.8 Å². The third-order valence-corrected chi connectivity index (χ3v) is 3.58. The van der Waals surface area contributed by atoms with Gasteiger partial charge in [0.15, 0.2) is 6.29 Å². The first-order valence-electron chi connectivity index (χ1n) is 12.5. The zero-order valence-electron chi connectivity index (χ0n) is 24.3. The molecule has 0 unspecified atom stereocenters. The van der Waals surface area contributed by atoms with Crippen molar-refractivity contribution in [2.24, 2.45) is 5.92 Å². The molecule has 0 heterocycles. The topological polar surface area (TPSA) is 29.1 Å². The summed E-state index contributed by atoms with van der Waals surface area (Å²) in [5.41, 5.74) is 3.40. The molecule has 0 fully saturated rings. The molecule has 0 radical (unpaired) electrons. The van der Waals surface area contributed by atoms with Crippen LogP contribution in [0, 0.1) is 19.8 Å². The predicted molar refractivity (Wildman–Crippen MR) is 163 cm³/mol. The van der Waals surface area contributed by atoms with Crippen LogP contribution >= 0.6 is 24.2 Å². The molecule has 198 valence electrons. The molecular formula is C30H54ClNOS. The Morgan fingerprint density at radius 3 is 1.44 bits per heavy atom. The van der Waals surface area contributed by atoms with E-state index in [0.717, 1.165) is 29.5 Å². The predicted octanol–water partition coefficient (Wildman–Crippen LogP) is 10.3. The molecule has 34 heavy (non-hydrogen) atoms. The number of hydrogen-bond donors (Lipinski definition) is 2. The van der Waals surface area contributed by atoms with Crippen LogP contribution in [0.15, 0.2) is 65.2 Å². The Kier molecular flexibility index (Phi) is 44.8. The van der Waals surface area contributed by atoms with Crippen molar-refractivity contribution in [3.63, 3.8) is 0 Å². The van der Waals surface area contributed by atoms with Crippen LogP contribution in [0.2, 0.25) is 5.02 Å². The number of hydrogen-bond acceptors (Lipinski definition) is 3. The molecular weight excluding hydrogens is 458 g/mol. The summed E-state index contributed by atoms with van der Waals surface area (Å²) < 4.78 is 0. The van der Waals surface area contributed by atoms with Gasteiger partial charge in [0.1, 0.15) is 0 Å². The SMILES string of the molecule is CC.CC.CC.CC(C)C.CCN/C(C)=C(\S)C=O.Cc1ccc(Cl)cc1.Cc1ccccc1. The van der Waals surface area contributed by atoms with Crippen LogP contribution < -0.4 is 5.32 Å². The van der Waals surface area contributed by atoms with Crippen molar-refractivity contribution in [1.29, 1.82) is 0 Å². The molecule has 2 rings (SSSR count). The minimum Gasteiger partial charge on any atom is -0.388 e. The molecule has 0 saturated carbocycles. The summed E-state index contributed by atoms with van der Waals surface area (Å²) in [6.45, 7) is 27.2. The van der Waals surface area contributed by atoms with Crippen molar-refractivity contribution >= 4 is 30.5 Å². The Hall–Kier alpha value is -1.71. The minimum absolute atomic E-state index is 0.469. The number of nitrogens with one attached hydrogen (secondary N) is 1. The zero-order chi connectivity index (χ0) is 27.9. The molecule has 2 aromatic rings. The molecule has 0 aliphatic heterocycles. The number of carbonyl (C=O) groups is 1. The fourth-order valence-corrected chi connectivity index (χ4v) is 1.72. The molecule has 0 aromatic heterocycles. The fourth-order valence-electron chi connectivity index (χ4n) is 1.51. The number of allylic oxidation sites excluding steroid dienone is 2. The van der Waals surface area contributed by atoms with E-state index in [1.807, 2.05) is 105 Å². The first kappa shape index (κ1) is 42.4. The number of aldehydes is 1. The van der Waals surface area contributed by atoms with Crippen molar-refractivity contribution in [1.82, 2.24) is 5.32 Å². The van der Waals surface area contributed by atoms with Gasteiger partial charge in [-0.05, 0) is 45.7 Å². The lowest BCUT2D eigenvalue weighted by atomic mass is 10.2. The molecule has 2 nitrogen and oxygen atoms in total. The van der Waals surface area contributed by atoms with Gasteiger partial charge in [0, 0.05) is 17.3 Å². The van der Waals surface area contributed by atoms with E-state index in [1.54, 1.807) is 0 Å². The number of rotatable bonds is 3. The Labute approximate surface area is 224 Å². The van der Waals surface area contributed by atoms with Crippen molar-refractivity contribution < 1.29 is 4.79 Å². The van der Waals surface area contributed by atoms with Gasteiger partial charge >= 0.3 is 0 Å². The van der Waals surface area contributed by atoms with Gasteiger partial charge in [-0.2, -0.15) is 0 Å². The van der Waals surface area contributed by atoms with Gasteiger partial charge in [-0.25, -0.2) is 0 Å². The first-order valence-corrected chi connectivity index (χ1v) is 13.3. The number of thiol groups is 1. The van der Waals surface area contributed by atoms with Crippen molar-refractivity contribution in [2.75, 3.05) is 6.54 Å². The maximum Gasteiger partial charge on any atom is 0.157 e. The van der Waals surface area contributed by atoms with Crippen LogP contribution in [0.1, 0.15) is 87.3 Å².